The van der Waals surface area contributed by atoms with Crippen molar-refractivity contribution in [2.24, 2.45) is 0 Å². The van der Waals surface area contributed by atoms with Crippen molar-refractivity contribution in [2.75, 3.05) is 25.5 Å². The largest absolute Gasteiger partial charge is 0.490 e. The summed E-state index contributed by atoms with van der Waals surface area (Å²) in [4.78, 5) is 2.36. The molecule has 0 atom stereocenters. The van der Waals surface area contributed by atoms with Crippen LogP contribution in [0.25, 0.3) is 0 Å². The van der Waals surface area contributed by atoms with Crippen molar-refractivity contribution in [1.29, 1.82) is 0 Å². The van der Waals surface area contributed by atoms with Crippen molar-refractivity contribution < 1.29 is 4.74 Å². The minimum atomic E-state index is 0.404. The Hall–Kier alpha value is -1.33. The number of nitrogens with zero attached hydrogens (tertiary/aromatic N) is 1. The fraction of sp³-hybridized carbons (Fsp3) is 0.611. The summed E-state index contributed by atoms with van der Waals surface area (Å²) < 4.78 is 5.99. The van der Waals surface area contributed by atoms with Gasteiger partial charge in [-0.2, -0.15) is 0 Å². The molecule has 1 heterocycles. The van der Waals surface area contributed by atoms with Crippen molar-refractivity contribution in [3.8, 4) is 5.75 Å². The quantitative estimate of drug-likeness (QED) is 0.826. The third kappa shape index (κ3) is 5.08. The monoisotopic (exact) mass is 333 g/mol. The maximum absolute atomic E-state index is 5.99. The molecule has 0 radical (unpaired) electrons. The van der Waals surface area contributed by atoms with E-state index in [9.17, 15) is 0 Å². The molecule has 1 aromatic carbocycles. The van der Waals surface area contributed by atoms with E-state index in [2.05, 4.69) is 22.6 Å². The van der Waals surface area contributed by atoms with E-state index >= 15 is 0 Å². The molecule has 1 aliphatic carbocycles. The van der Waals surface area contributed by atoms with Crippen molar-refractivity contribution in [3.05, 3.63) is 24.3 Å². The fourth-order valence-corrected chi connectivity index (χ4v) is 3.61. The standard InChI is InChI=1S/C18H27N3OS/c1-21-12-10-15(11-13-21)20-18(23)19-14-6-8-17(9-7-14)22-16-4-2-3-5-16/h6-9,15-16H,2-5,10-13H2,1H3,(H2,19,20,23). The average molecular weight is 334 g/mol. The number of rotatable bonds is 4. The summed E-state index contributed by atoms with van der Waals surface area (Å²) in [6.45, 7) is 2.26. The number of anilines is 1. The molecule has 0 spiro atoms. The molecular formula is C18H27N3OS. The number of ether oxygens (including phenoxy) is 1. The molecule has 126 valence electrons. The molecule has 0 bridgehead atoms. The highest BCUT2D eigenvalue weighted by molar-refractivity contribution is 7.80. The number of thiocarbonyl (C=S) groups is 1. The van der Waals surface area contributed by atoms with Crippen LogP contribution >= 0.6 is 12.2 Å². The highest BCUT2D eigenvalue weighted by Gasteiger charge is 2.18. The van der Waals surface area contributed by atoms with Gasteiger partial charge in [-0.15, -0.1) is 0 Å². The molecule has 2 aliphatic rings. The Morgan fingerprint density at radius 3 is 2.39 bits per heavy atom. The maximum atomic E-state index is 5.99. The number of hydrogen-bond donors (Lipinski definition) is 2. The fourth-order valence-electron chi connectivity index (χ4n) is 3.32. The lowest BCUT2D eigenvalue weighted by atomic mass is 10.1. The molecule has 1 saturated heterocycles. The number of piperidine rings is 1. The van der Waals surface area contributed by atoms with Gasteiger partial charge < -0.3 is 20.3 Å². The molecule has 1 aliphatic heterocycles. The third-order valence-electron chi connectivity index (χ3n) is 4.77. The minimum absolute atomic E-state index is 0.404. The smallest absolute Gasteiger partial charge is 0.170 e. The van der Waals surface area contributed by atoms with Gasteiger partial charge in [-0.25, -0.2) is 0 Å². The molecular weight excluding hydrogens is 306 g/mol. The van der Waals surface area contributed by atoms with Gasteiger partial charge in [-0.05, 0) is 95.1 Å². The molecule has 0 amide bonds. The second-order valence-corrected chi connectivity index (χ2v) is 7.13. The molecule has 5 heteroatoms. The second kappa shape index (κ2) is 7.97. The van der Waals surface area contributed by atoms with E-state index < -0.39 is 0 Å². The van der Waals surface area contributed by atoms with Crippen LogP contribution in [0.3, 0.4) is 0 Å². The number of likely N-dealkylation sites (tertiary alicyclic amines) is 1. The second-order valence-electron chi connectivity index (χ2n) is 6.72. The Bertz CT molecular complexity index is 506. The Labute approximate surface area is 144 Å². The highest BCUT2D eigenvalue weighted by Crippen LogP contribution is 2.25. The van der Waals surface area contributed by atoms with Crippen LogP contribution in [-0.2, 0) is 0 Å². The Kier molecular flexibility index (Phi) is 5.73. The van der Waals surface area contributed by atoms with Crippen LogP contribution in [0.4, 0.5) is 5.69 Å². The first kappa shape index (κ1) is 16.5. The summed E-state index contributed by atoms with van der Waals surface area (Å²) in [5, 5.41) is 7.41. The van der Waals surface area contributed by atoms with Gasteiger partial charge in [0.25, 0.3) is 0 Å². The maximum Gasteiger partial charge on any atom is 0.170 e. The number of nitrogens with one attached hydrogen (secondary N) is 2. The van der Waals surface area contributed by atoms with E-state index in [4.69, 9.17) is 17.0 Å². The van der Waals surface area contributed by atoms with Gasteiger partial charge in [-0.1, -0.05) is 0 Å². The van der Waals surface area contributed by atoms with Gasteiger partial charge in [0.15, 0.2) is 5.11 Å². The average Bonchev–Trinajstić information content (AvgIpc) is 3.04. The van der Waals surface area contributed by atoms with Crippen molar-refractivity contribution in [3.63, 3.8) is 0 Å². The molecule has 2 N–H and O–H groups in total. The molecule has 23 heavy (non-hydrogen) atoms. The molecule has 2 fully saturated rings. The lowest BCUT2D eigenvalue weighted by Crippen LogP contribution is -2.44. The van der Waals surface area contributed by atoms with Gasteiger partial charge in [-0.3, -0.25) is 0 Å². The summed E-state index contributed by atoms with van der Waals surface area (Å²) >= 11 is 5.43. The zero-order valence-corrected chi connectivity index (χ0v) is 14.7. The van der Waals surface area contributed by atoms with Crippen molar-refractivity contribution in [1.82, 2.24) is 10.2 Å². The molecule has 3 rings (SSSR count). The first-order chi connectivity index (χ1) is 11.2. The van der Waals surface area contributed by atoms with E-state index in [1.165, 1.54) is 25.7 Å². The zero-order chi connectivity index (χ0) is 16.1. The van der Waals surface area contributed by atoms with Crippen LogP contribution < -0.4 is 15.4 Å². The van der Waals surface area contributed by atoms with Crippen molar-refractivity contribution in [2.45, 2.75) is 50.7 Å². The van der Waals surface area contributed by atoms with Gasteiger partial charge in [0.2, 0.25) is 0 Å². The van der Waals surface area contributed by atoms with Gasteiger partial charge in [0.05, 0.1) is 6.10 Å². The molecule has 1 aromatic rings. The highest BCUT2D eigenvalue weighted by atomic mass is 32.1. The predicted molar refractivity (Wildman–Crippen MR) is 99.2 cm³/mol. The van der Waals surface area contributed by atoms with Gasteiger partial charge in [0, 0.05) is 11.7 Å². The Morgan fingerprint density at radius 2 is 1.74 bits per heavy atom. The molecule has 1 saturated carbocycles. The Balaban J connectivity index is 1.44. The number of benzene rings is 1. The molecule has 0 unspecified atom stereocenters. The lowest BCUT2D eigenvalue weighted by Gasteiger charge is -2.30. The summed E-state index contributed by atoms with van der Waals surface area (Å²) in [5.41, 5.74) is 1.01. The van der Waals surface area contributed by atoms with E-state index in [-0.39, 0.29) is 0 Å². The summed E-state index contributed by atoms with van der Waals surface area (Å²) in [6.07, 6.45) is 7.65. The van der Waals surface area contributed by atoms with Crippen LogP contribution in [0.1, 0.15) is 38.5 Å². The van der Waals surface area contributed by atoms with Crippen LogP contribution in [0, 0.1) is 0 Å². The lowest BCUT2D eigenvalue weighted by molar-refractivity contribution is 0.210. The third-order valence-corrected chi connectivity index (χ3v) is 4.99. The summed E-state index contributed by atoms with van der Waals surface area (Å²) in [5.74, 6) is 0.955. The number of hydrogen-bond acceptors (Lipinski definition) is 3. The molecule has 4 nitrogen and oxygen atoms in total. The van der Waals surface area contributed by atoms with E-state index in [0.29, 0.717) is 17.3 Å². The van der Waals surface area contributed by atoms with Gasteiger partial charge >= 0.3 is 0 Å². The van der Waals surface area contributed by atoms with Crippen LogP contribution in [0.2, 0.25) is 0 Å². The topological polar surface area (TPSA) is 36.5 Å². The predicted octanol–water partition coefficient (Wildman–Crippen LogP) is 3.39. The zero-order valence-electron chi connectivity index (χ0n) is 13.9. The van der Waals surface area contributed by atoms with Crippen LogP contribution in [0.5, 0.6) is 5.75 Å². The van der Waals surface area contributed by atoms with E-state index in [1.807, 2.05) is 24.3 Å². The normalized spacial score (nSPS) is 20.4. The van der Waals surface area contributed by atoms with E-state index in [1.54, 1.807) is 0 Å². The van der Waals surface area contributed by atoms with Gasteiger partial charge in [0.1, 0.15) is 5.75 Å². The van der Waals surface area contributed by atoms with Crippen LogP contribution in [0.15, 0.2) is 24.3 Å². The molecule has 0 aromatic heterocycles. The SMILES string of the molecule is CN1CCC(NC(=S)Nc2ccc(OC3CCCC3)cc2)CC1. The minimum Gasteiger partial charge on any atom is -0.490 e. The first-order valence-electron chi connectivity index (χ1n) is 8.72. The summed E-state index contributed by atoms with van der Waals surface area (Å²) in [7, 11) is 2.17. The van der Waals surface area contributed by atoms with Crippen molar-refractivity contribution >= 4 is 23.0 Å². The Morgan fingerprint density at radius 1 is 1.09 bits per heavy atom. The van der Waals surface area contributed by atoms with E-state index in [0.717, 1.165) is 37.4 Å². The summed E-state index contributed by atoms with van der Waals surface area (Å²) in [6, 6.07) is 8.61. The first-order valence-corrected chi connectivity index (χ1v) is 9.12. The van der Waals surface area contributed by atoms with Crippen LogP contribution in [-0.4, -0.2) is 42.3 Å².